The first-order chi connectivity index (χ1) is 9.14. The number of rotatable bonds is 1. The maximum atomic E-state index is 11.6. The summed E-state index contributed by atoms with van der Waals surface area (Å²) in [4.78, 5) is 11.6. The van der Waals surface area contributed by atoms with Crippen LogP contribution in [0.25, 0.3) is 0 Å². The number of carbonyl (C=O) groups excluding carboxylic acids is 1. The van der Waals surface area contributed by atoms with Gasteiger partial charge in [-0.1, -0.05) is 27.7 Å². The van der Waals surface area contributed by atoms with Crippen LogP contribution in [0, 0.1) is 28.1 Å². The third-order valence-corrected chi connectivity index (χ3v) is 7.43. The SMILES string of the molecule is CC(=O)O[C@@H]1[C@@H]2[C@@H]3CC[C@@]1(C)[C@]3(C)CCC(O)C2(C)C. The van der Waals surface area contributed by atoms with Crippen LogP contribution in [0.1, 0.15) is 60.3 Å². The minimum atomic E-state index is -0.294. The van der Waals surface area contributed by atoms with Crippen LogP contribution in [0.4, 0.5) is 0 Å². The zero-order valence-corrected chi connectivity index (χ0v) is 13.4. The minimum Gasteiger partial charge on any atom is -0.462 e. The third-order valence-electron chi connectivity index (χ3n) is 7.43. The number of aliphatic hydroxyl groups is 1. The Morgan fingerprint density at radius 3 is 2.30 bits per heavy atom. The molecule has 0 spiro atoms. The number of aliphatic hydroxyl groups excluding tert-OH is 1. The summed E-state index contributed by atoms with van der Waals surface area (Å²) in [5.74, 6) is 0.679. The highest BCUT2D eigenvalue weighted by Crippen LogP contribution is 2.74. The number of ether oxygens (including phenoxy) is 1. The fourth-order valence-corrected chi connectivity index (χ4v) is 5.93. The van der Waals surface area contributed by atoms with Crippen molar-refractivity contribution in [1.29, 1.82) is 0 Å². The number of hydrogen-bond acceptors (Lipinski definition) is 3. The van der Waals surface area contributed by atoms with E-state index in [-0.39, 0.29) is 40.3 Å². The Morgan fingerprint density at radius 2 is 1.70 bits per heavy atom. The molecule has 0 heterocycles. The summed E-state index contributed by atoms with van der Waals surface area (Å²) in [7, 11) is 0. The van der Waals surface area contributed by atoms with Crippen molar-refractivity contribution in [2.45, 2.75) is 72.5 Å². The first-order valence-electron chi connectivity index (χ1n) is 8.00. The predicted octanol–water partition coefficient (Wildman–Crippen LogP) is 3.15. The predicted molar refractivity (Wildman–Crippen MR) is 77.0 cm³/mol. The molecule has 0 aromatic rings. The van der Waals surface area contributed by atoms with Gasteiger partial charge in [-0.3, -0.25) is 4.79 Å². The molecular formula is C17H28O3. The molecule has 3 nitrogen and oxygen atoms in total. The summed E-state index contributed by atoms with van der Waals surface area (Å²) >= 11 is 0. The summed E-state index contributed by atoms with van der Waals surface area (Å²) < 4.78 is 5.82. The van der Waals surface area contributed by atoms with E-state index in [1.165, 1.54) is 13.3 Å². The normalized spacial score (nSPS) is 52.7. The molecule has 0 aromatic heterocycles. The van der Waals surface area contributed by atoms with E-state index in [2.05, 4.69) is 27.7 Å². The zero-order valence-electron chi connectivity index (χ0n) is 13.4. The molecule has 3 saturated carbocycles. The average molecular weight is 280 g/mol. The Morgan fingerprint density at radius 1 is 1.10 bits per heavy atom. The van der Waals surface area contributed by atoms with Crippen LogP contribution in [-0.4, -0.2) is 23.3 Å². The molecule has 3 aliphatic rings. The molecule has 1 N–H and O–H groups in total. The van der Waals surface area contributed by atoms with Crippen molar-refractivity contribution in [2.75, 3.05) is 0 Å². The van der Waals surface area contributed by atoms with Gasteiger partial charge in [0.2, 0.25) is 0 Å². The molecule has 0 aromatic carbocycles. The Kier molecular flexibility index (Phi) is 2.87. The van der Waals surface area contributed by atoms with Gasteiger partial charge in [0.15, 0.2) is 0 Å². The smallest absolute Gasteiger partial charge is 0.302 e. The topological polar surface area (TPSA) is 46.5 Å². The summed E-state index contributed by atoms with van der Waals surface area (Å²) in [5.41, 5.74) is 0.0959. The Hall–Kier alpha value is -0.570. The first-order valence-corrected chi connectivity index (χ1v) is 8.00. The molecule has 0 saturated heterocycles. The third kappa shape index (κ3) is 1.48. The summed E-state index contributed by atoms with van der Waals surface area (Å²) in [5, 5.41) is 10.6. The van der Waals surface area contributed by atoms with Gasteiger partial charge in [0.25, 0.3) is 0 Å². The highest BCUT2D eigenvalue weighted by atomic mass is 16.5. The van der Waals surface area contributed by atoms with Crippen LogP contribution in [0.5, 0.6) is 0 Å². The van der Waals surface area contributed by atoms with Gasteiger partial charge in [-0.25, -0.2) is 0 Å². The number of esters is 1. The molecule has 20 heavy (non-hydrogen) atoms. The summed E-state index contributed by atoms with van der Waals surface area (Å²) in [6, 6.07) is 0. The fraction of sp³-hybridized carbons (Fsp3) is 0.941. The minimum absolute atomic E-state index is 0.0336. The highest BCUT2D eigenvalue weighted by molar-refractivity contribution is 5.66. The molecule has 6 atom stereocenters. The average Bonchev–Trinajstić information content (AvgIpc) is 2.65. The molecule has 3 rings (SSSR count). The maximum Gasteiger partial charge on any atom is 0.302 e. The van der Waals surface area contributed by atoms with Crippen LogP contribution in [0.2, 0.25) is 0 Å². The standard InChI is InChI=1S/C17H28O3/c1-10(18)20-14-13-11-6-8-17(14,5)16(11,4)9-7-12(19)15(13,2)3/h11-14,19H,6-9H2,1-5H3/t11-,12?,13-,14+,16+,17+/m0/s1. The number of carbonyl (C=O) groups is 1. The first kappa shape index (κ1) is 14.4. The Balaban J connectivity index is 2.10. The van der Waals surface area contributed by atoms with E-state index >= 15 is 0 Å². The van der Waals surface area contributed by atoms with Gasteiger partial charge < -0.3 is 9.84 Å². The van der Waals surface area contributed by atoms with Crippen molar-refractivity contribution >= 4 is 5.97 Å². The van der Waals surface area contributed by atoms with Gasteiger partial charge in [-0.2, -0.15) is 0 Å². The second-order valence-electron chi connectivity index (χ2n) is 8.41. The van der Waals surface area contributed by atoms with E-state index in [0.717, 1.165) is 19.3 Å². The zero-order chi connectivity index (χ0) is 14.9. The van der Waals surface area contributed by atoms with E-state index in [9.17, 15) is 9.90 Å². The maximum absolute atomic E-state index is 11.6. The largest absolute Gasteiger partial charge is 0.462 e. The van der Waals surface area contributed by atoms with Crippen molar-refractivity contribution < 1.29 is 14.6 Å². The van der Waals surface area contributed by atoms with Crippen LogP contribution in [0.3, 0.4) is 0 Å². The van der Waals surface area contributed by atoms with Crippen molar-refractivity contribution in [2.24, 2.45) is 28.1 Å². The quantitative estimate of drug-likeness (QED) is 0.751. The molecule has 3 fully saturated rings. The van der Waals surface area contributed by atoms with E-state index in [1.807, 2.05) is 0 Å². The van der Waals surface area contributed by atoms with E-state index in [4.69, 9.17) is 4.74 Å². The van der Waals surface area contributed by atoms with Crippen LogP contribution < -0.4 is 0 Å². The van der Waals surface area contributed by atoms with Crippen LogP contribution in [-0.2, 0) is 9.53 Å². The molecule has 4 bridgehead atoms. The lowest BCUT2D eigenvalue weighted by atomic mass is 9.62. The van der Waals surface area contributed by atoms with Crippen molar-refractivity contribution in [1.82, 2.24) is 0 Å². The molecule has 1 unspecified atom stereocenters. The van der Waals surface area contributed by atoms with Gasteiger partial charge in [-0.05, 0) is 42.4 Å². The summed E-state index contributed by atoms with van der Waals surface area (Å²) in [6.07, 6.45) is 3.96. The van der Waals surface area contributed by atoms with E-state index in [1.54, 1.807) is 0 Å². The Bertz CT molecular complexity index is 444. The van der Waals surface area contributed by atoms with Gasteiger partial charge in [0.1, 0.15) is 6.10 Å². The fourth-order valence-electron chi connectivity index (χ4n) is 5.93. The van der Waals surface area contributed by atoms with Crippen molar-refractivity contribution in [3.8, 4) is 0 Å². The number of hydrogen-bond donors (Lipinski definition) is 1. The molecule has 0 radical (unpaired) electrons. The second kappa shape index (κ2) is 4.00. The van der Waals surface area contributed by atoms with Gasteiger partial charge in [0, 0.05) is 18.3 Å². The lowest BCUT2D eigenvalue weighted by molar-refractivity contribution is -0.168. The highest BCUT2D eigenvalue weighted by Gasteiger charge is 2.73. The molecule has 3 aliphatic carbocycles. The lowest BCUT2D eigenvalue weighted by Gasteiger charge is -2.47. The van der Waals surface area contributed by atoms with Crippen molar-refractivity contribution in [3.63, 3.8) is 0 Å². The van der Waals surface area contributed by atoms with E-state index < -0.39 is 0 Å². The molecule has 0 aliphatic heterocycles. The lowest BCUT2D eigenvalue weighted by Crippen LogP contribution is -2.50. The Labute approximate surface area is 122 Å². The van der Waals surface area contributed by atoms with Gasteiger partial charge in [0.05, 0.1) is 6.10 Å². The van der Waals surface area contributed by atoms with Crippen LogP contribution in [0.15, 0.2) is 0 Å². The van der Waals surface area contributed by atoms with E-state index in [0.29, 0.717) is 5.92 Å². The molecule has 3 heteroatoms. The van der Waals surface area contributed by atoms with Gasteiger partial charge >= 0.3 is 5.97 Å². The van der Waals surface area contributed by atoms with Gasteiger partial charge in [-0.15, -0.1) is 0 Å². The molecule has 114 valence electrons. The summed E-state index contributed by atoms with van der Waals surface area (Å²) in [6.45, 7) is 10.5. The monoisotopic (exact) mass is 280 g/mol. The molecular weight excluding hydrogens is 252 g/mol. The van der Waals surface area contributed by atoms with Crippen molar-refractivity contribution in [3.05, 3.63) is 0 Å². The second-order valence-corrected chi connectivity index (χ2v) is 8.41. The van der Waals surface area contributed by atoms with Crippen LogP contribution >= 0.6 is 0 Å². The molecule has 0 amide bonds.